The first-order valence-corrected chi connectivity index (χ1v) is 5.63. The van der Waals surface area contributed by atoms with Crippen molar-refractivity contribution in [3.8, 4) is 11.3 Å². The summed E-state index contributed by atoms with van der Waals surface area (Å²) in [6, 6.07) is 5.85. The van der Waals surface area contributed by atoms with Crippen molar-refractivity contribution in [3.63, 3.8) is 0 Å². The minimum atomic E-state index is -1.11. The maximum absolute atomic E-state index is 10.9. The van der Waals surface area contributed by atoms with Gasteiger partial charge in [0.25, 0.3) is 0 Å². The third-order valence-corrected chi connectivity index (χ3v) is 2.78. The maximum Gasteiger partial charge on any atom is 0.373 e. The molecule has 2 rings (SSSR count). The lowest BCUT2D eigenvalue weighted by molar-refractivity contribution is 0.0683. The van der Waals surface area contributed by atoms with E-state index in [1.807, 2.05) is 20.8 Å². The fraction of sp³-hybridized carbons (Fsp3) is 0.214. The van der Waals surface area contributed by atoms with E-state index >= 15 is 0 Å². The van der Waals surface area contributed by atoms with Gasteiger partial charge in [-0.25, -0.2) is 14.8 Å². The van der Waals surface area contributed by atoms with Gasteiger partial charge < -0.3 is 5.11 Å². The first-order valence-electron chi connectivity index (χ1n) is 5.63. The Morgan fingerprint density at radius 3 is 2.33 bits per heavy atom. The van der Waals surface area contributed by atoms with E-state index < -0.39 is 5.97 Å². The Kier molecular flexibility index (Phi) is 3.10. The summed E-state index contributed by atoms with van der Waals surface area (Å²) in [4.78, 5) is 18.7. The van der Waals surface area contributed by atoms with E-state index in [-0.39, 0.29) is 5.82 Å². The first kappa shape index (κ1) is 12.2. The average Bonchev–Trinajstić information content (AvgIpc) is 2.28. The molecule has 0 radical (unpaired) electrons. The molecule has 1 heterocycles. The van der Waals surface area contributed by atoms with Gasteiger partial charge in [-0.2, -0.15) is 0 Å². The van der Waals surface area contributed by atoms with Crippen molar-refractivity contribution in [1.82, 2.24) is 9.97 Å². The zero-order valence-electron chi connectivity index (χ0n) is 10.6. The molecule has 0 aliphatic rings. The zero-order valence-corrected chi connectivity index (χ0v) is 10.6. The van der Waals surface area contributed by atoms with E-state index in [1.54, 1.807) is 6.07 Å². The summed E-state index contributed by atoms with van der Waals surface area (Å²) in [6.45, 7) is 6.03. The topological polar surface area (TPSA) is 63.1 Å². The molecule has 4 nitrogen and oxygen atoms in total. The number of hydrogen-bond acceptors (Lipinski definition) is 3. The van der Waals surface area contributed by atoms with Crippen LogP contribution in [0.1, 0.15) is 27.3 Å². The van der Waals surface area contributed by atoms with Crippen molar-refractivity contribution < 1.29 is 9.90 Å². The smallest absolute Gasteiger partial charge is 0.373 e. The Hall–Kier alpha value is -2.23. The predicted octanol–water partition coefficient (Wildman–Crippen LogP) is 2.77. The van der Waals surface area contributed by atoms with Crippen molar-refractivity contribution >= 4 is 5.97 Å². The van der Waals surface area contributed by atoms with Gasteiger partial charge >= 0.3 is 5.97 Å². The van der Waals surface area contributed by atoms with Gasteiger partial charge in [-0.05, 0) is 38.0 Å². The lowest BCUT2D eigenvalue weighted by atomic mass is 9.97. The Bertz CT molecular complexity index is 598. The van der Waals surface area contributed by atoms with Crippen LogP contribution in [0.3, 0.4) is 0 Å². The van der Waals surface area contributed by atoms with Crippen LogP contribution in [0.5, 0.6) is 0 Å². The molecular weight excluding hydrogens is 228 g/mol. The Labute approximate surface area is 105 Å². The highest BCUT2D eigenvalue weighted by Gasteiger charge is 2.12. The fourth-order valence-electron chi connectivity index (χ4n) is 2.19. The van der Waals surface area contributed by atoms with E-state index in [2.05, 4.69) is 22.1 Å². The van der Waals surface area contributed by atoms with Gasteiger partial charge in [-0.1, -0.05) is 17.7 Å². The summed E-state index contributed by atoms with van der Waals surface area (Å²) in [5.74, 6) is -1.29. The molecule has 4 heteroatoms. The van der Waals surface area contributed by atoms with Crippen LogP contribution >= 0.6 is 0 Å². The van der Waals surface area contributed by atoms with Crippen LogP contribution < -0.4 is 0 Å². The molecule has 0 unspecified atom stereocenters. The second-order valence-corrected chi connectivity index (χ2v) is 4.34. The minimum Gasteiger partial charge on any atom is -0.475 e. The third kappa shape index (κ3) is 2.22. The predicted molar refractivity (Wildman–Crippen MR) is 68.6 cm³/mol. The Morgan fingerprint density at radius 1 is 1.17 bits per heavy atom. The van der Waals surface area contributed by atoms with Gasteiger partial charge in [0.2, 0.25) is 5.82 Å². The molecule has 0 spiro atoms. The normalized spacial score (nSPS) is 10.4. The molecule has 1 aromatic carbocycles. The van der Waals surface area contributed by atoms with Gasteiger partial charge in [-0.3, -0.25) is 0 Å². The van der Waals surface area contributed by atoms with Crippen molar-refractivity contribution in [2.75, 3.05) is 0 Å². The number of carboxylic acid groups (broad SMARTS) is 1. The molecule has 0 saturated carbocycles. The monoisotopic (exact) mass is 242 g/mol. The van der Waals surface area contributed by atoms with Crippen LogP contribution in [0, 0.1) is 20.8 Å². The lowest BCUT2D eigenvalue weighted by Crippen LogP contribution is -2.05. The van der Waals surface area contributed by atoms with Crippen molar-refractivity contribution in [1.29, 1.82) is 0 Å². The number of benzene rings is 1. The Balaban J connectivity index is 2.62. The second-order valence-electron chi connectivity index (χ2n) is 4.34. The number of carboxylic acids is 1. The number of carbonyl (C=O) groups is 1. The molecule has 1 N–H and O–H groups in total. The number of aromatic carboxylic acids is 1. The molecule has 0 bridgehead atoms. The number of aryl methyl sites for hydroxylation is 3. The van der Waals surface area contributed by atoms with Gasteiger partial charge in [0.15, 0.2) is 0 Å². The summed E-state index contributed by atoms with van der Waals surface area (Å²) < 4.78 is 0. The van der Waals surface area contributed by atoms with Crippen LogP contribution in [0.2, 0.25) is 0 Å². The second kappa shape index (κ2) is 4.56. The highest BCUT2D eigenvalue weighted by atomic mass is 16.4. The molecule has 0 aliphatic carbocycles. The molecule has 2 aromatic rings. The summed E-state index contributed by atoms with van der Waals surface area (Å²) in [7, 11) is 0. The molecule has 18 heavy (non-hydrogen) atoms. The summed E-state index contributed by atoms with van der Waals surface area (Å²) in [6.07, 6.45) is 1.48. The van der Waals surface area contributed by atoms with Crippen LogP contribution in [0.15, 0.2) is 24.4 Å². The van der Waals surface area contributed by atoms with Crippen LogP contribution in [-0.2, 0) is 0 Å². The van der Waals surface area contributed by atoms with E-state index in [9.17, 15) is 4.79 Å². The van der Waals surface area contributed by atoms with E-state index in [4.69, 9.17) is 5.11 Å². The van der Waals surface area contributed by atoms with Gasteiger partial charge in [0.1, 0.15) is 0 Å². The molecular formula is C14H14N2O2. The quantitative estimate of drug-likeness (QED) is 0.879. The van der Waals surface area contributed by atoms with Crippen LogP contribution in [0.4, 0.5) is 0 Å². The molecule has 0 aliphatic heterocycles. The Morgan fingerprint density at radius 2 is 1.78 bits per heavy atom. The van der Waals surface area contributed by atoms with Crippen molar-refractivity contribution in [2.45, 2.75) is 20.8 Å². The number of hydrogen-bond donors (Lipinski definition) is 1. The van der Waals surface area contributed by atoms with Crippen molar-refractivity contribution in [2.24, 2.45) is 0 Å². The summed E-state index contributed by atoms with van der Waals surface area (Å²) in [5.41, 5.74) is 4.98. The summed E-state index contributed by atoms with van der Waals surface area (Å²) >= 11 is 0. The largest absolute Gasteiger partial charge is 0.475 e. The van der Waals surface area contributed by atoms with Crippen LogP contribution in [-0.4, -0.2) is 21.0 Å². The van der Waals surface area contributed by atoms with Gasteiger partial charge in [-0.15, -0.1) is 0 Å². The van der Waals surface area contributed by atoms with E-state index in [1.165, 1.54) is 11.8 Å². The number of nitrogens with zero attached hydrogens (tertiary/aromatic N) is 2. The zero-order chi connectivity index (χ0) is 13.3. The molecule has 0 fully saturated rings. The highest BCUT2D eigenvalue weighted by Crippen LogP contribution is 2.26. The van der Waals surface area contributed by atoms with E-state index in [0.717, 1.165) is 16.7 Å². The van der Waals surface area contributed by atoms with E-state index in [0.29, 0.717) is 5.69 Å². The molecule has 0 amide bonds. The average molecular weight is 242 g/mol. The molecule has 1 aromatic heterocycles. The number of rotatable bonds is 2. The van der Waals surface area contributed by atoms with Crippen LogP contribution in [0.25, 0.3) is 11.3 Å². The van der Waals surface area contributed by atoms with Gasteiger partial charge in [0, 0.05) is 11.8 Å². The molecule has 0 saturated heterocycles. The maximum atomic E-state index is 10.9. The molecule has 0 atom stereocenters. The first-order chi connectivity index (χ1) is 8.49. The standard InChI is InChI=1S/C14H14N2O2/c1-8-6-9(2)12(10(3)7-8)11-4-5-15-13(16-11)14(17)18/h4-7H,1-3H3,(H,17,18). The highest BCUT2D eigenvalue weighted by molar-refractivity contribution is 5.84. The lowest BCUT2D eigenvalue weighted by Gasteiger charge is -2.10. The third-order valence-electron chi connectivity index (χ3n) is 2.78. The number of aromatic nitrogens is 2. The van der Waals surface area contributed by atoms with Gasteiger partial charge in [0.05, 0.1) is 5.69 Å². The SMILES string of the molecule is Cc1cc(C)c(-c2ccnc(C(=O)O)n2)c(C)c1. The van der Waals surface area contributed by atoms with Crippen molar-refractivity contribution in [3.05, 3.63) is 46.9 Å². The summed E-state index contributed by atoms with van der Waals surface area (Å²) in [5, 5.41) is 8.91. The molecule has 92 valence electrons. The fourth-order valence-corrected chi connectivity index (χ4v) is 2.19. The minimum absolute atomic E-state index is 0.174.